The minimum atomic E-state index is -1.83. The van der Waals surface area contributed by atoms with Crippen LogP contribution >= 0.6 is 35.3 Å². The van der Waals surface area contributed by atoms with Crippen molar-refractivity contribution in [2.24, 2.45) is 0 Å². The molecule has 532 valence electrons. The van der Waals surface area contributed by atoms with Gasteiger partial charge in [0.25, 0.3) is 17.1 Å². The van der Waals surface area contributed by atoms with Crippen LogP contribution in [0.2, 0.25) is 0 Å². The van der Waals surface area contributed by atoms with Crippen LogP contribution < -0.4 is 26.6 Å². The molecule has 9 rings (SSSR count). The summed E-state index contributed by atoms with van der Waals surface area (Å²) in [4.78, 5) is 155. The average molecular weight is 1450 g/mol. The number of nitro benzene ring substituents is 3. The maximum absolute atomic E-state index is 14.5. The van der Waals surface area contributed by atoms with Crippen molar-refractivity contribution in [1.82, 2.24) is 41.5 Å². The molecule has 0 aliphatic rings. The summed E-state index contributed by atoms with van der Waals surface area (Å²) in [5.74, 6) is -8.21. The van der Waals surface area contributed by atoms with Gasteiger partial charge in [-0.25, -0.2) is 14.4 Å². The summed E-state index contributed by atoms with van der Waals surface area (Å²) in [5.41, 5.74) is 1.04. The fourth-order valence-electron chi connectivity index (χ4n) is 11.8. The van der Waals surface area contributed by atoms with Crippen LogP contribution in [0, 0.1) is 30.3 Å². The number of hydrogen-bond donors (Lipinski definition) is 11. The Morgan fingerprint density at radius 3 is 1.04 bits per heavy atom. The molecule has 9 aromatic rings. The number of nitrogens with zero attached hydrogens (tertiary/aromatic N) is 3. The van der Waals surface area contributed by atoms with E-state index < -0.39 is 131 Å². The maximum Gasteiger partial charge on any atom is 0.326 e. The summed E-state index contributed by atoms with van der Waals surface area (Å²) in [5, 5.41) is 83.3. The molecule has 0 fully saturated rings. The molecule has 0 radical (unpaired) electrons. The summed E-state index contributed by atoms with van der Waals surface area (Å²) in [7, 11) is 0. The predicted octanol–water partition coefficient (Wildman–Crippen LogP) is 11.7. The number of fused-ring (bicyclic) bond motifs is 3. The van der Waals surface area contributed by atoms with Crippen LogP contribution in [0.15, 0.2) is 175 Å². The Labute approximate surface area is 595 Å². The van der Waals surface area contributed by atoms with Gasteiger partial charge in [-0.15, -0.1) is 0 Å². The molecule has 0 saturated heterocycles. The molecule has 0 aliphatic heterocycles. The first kappa shape index (κ1) is 75.2. The zero-order chi connectivity index (χ0) is 73.0. The minimum absolute atomic E-state index is 0.0875. The van der Waals surface area contributed by atoms with Crippen molar-refractivity contribution < 1.29 is 68.4 Å². The number of para-hydroxylation sites is 3. The normalized spacial score (nSPS) is 12.8. The van der Waals surface area contributed by atoms with Gasteiger partial charge in [0.2, 0.25) is 29.5 Å². The molecule has 28 nitrogen and oxygen atoms in total. The zero-order valence-electron chi connectivity index (χ0n) is 55.0. The highest BCUT2D eigenvalue weighted by Crippen LogP contribution is 2.40. The first-order chi connectivity index (χ1) is 48.9. The van der Waals surface area contributed by atoms with Gasteiger partial charge in [-0.05, 0) is 97.0 Å². The summed E-state index contributed by atoms with van der Waals surface area (Å²) < 4.78 is 0. The van der Waals surface area contributed by atoms with Crippen molar-refractivity contribution in [3.05, 3.63) is 193 Å². The summed E-state index contributed by atoms with van der Waals surface area (Å²) >= 11 is 3.53. The van der Waals surface area contributed by atoms with Crippen LogP contribution in [-0.4, -0.2) is 123 Å². The number of nitrogens with one attached hydrogen (secondary N) is 8. The molecule has 5 amide bonds. The van der Waals surface area contributed by atoms with Gasteiger partial charge in [-0.2, -0.15) is 0 Å². The Morgan fingerprint density at radius 1 is 0.422 bits per heavy atom. The van der Waals surface area contributed by atoms with E-state index in [2.05, 4.69) is 41.5 Å². The minimum Gasteiger partial charge on any atom is -0.480 e. The van der Waals surface area contributed by atoms with Crippen LogP contribution in [0.25, 0.3) is 32.7 Å². The number of H-pyrrole nitrogens is 3. The highest BCUT2D eigenvalue weighted by Gasteiger charge is 2.37. The molecule has 0 saturated carbocycles. The summed E-state index contributed by atoms with van der Waals surface area (Å²) in [6.07, 6.45) is 0.281. The van der Waals surface area contributed by atoms with E-state index in [1.54, 1.807) is 72.8 Å². The fraction of sp³-hybridized carbons (Fsp3) is 0.296. The molecule has 0 spiro atoms. The predicted molar refractivity (Wildman–Crippen MR) is 381 cm³/mol. The molecule has 3 atom stereocenters. The number of carbonyl (C=O) groups is 8. The lowest BCUT2D eigenvalue weighted by Crippen LogP contribution is -2.54. The van der Waals surface area contributed by atoms with E-state index in [0.717, 1.165) is 25.7 Å². The van der Waals surface area contributed by atoms with Crippen LogP contribution in [0.4, 0.5) is 17.1 Å². The zero-order valence-corrected chi connectivity index (χ0v) is 57.5. The number of non-ortho nitro benzene ring substituents is 3. The van der Waals surface area contributed by atoms with E-state index in [1.807, 2.05) is 6.92 Å². The SMILES string of the molecule is CCCCCCCC(=O)NCC(=O)NC(CCC(=O)NC(Cc1c(Sc2ccc([N+](=O)[O-])cc2)[nH]c2ccccc12)C(=O)O)(CCC(=O)NC(Cc1c(Sc2ccc([N+](=O)[O-])cc2)[nH]c2ccccc12)C(=O)O)CCC(=O)NC(Cc1c(Sc2ccc([N+](=O)[O-])cc2)[nH]c2ccccc12)C(=O)O. The van der Waals surface area contributed by atoms with E-state index in [-0.39, 0.29) is 42.7 Å². The van der Waals surface area contributed by atoms with Crippen molar-refractivity contribution in [3.8, 4) is 0 Å². The largest absolute Gasteiger partial charge is 0.480 e. The van der Waals surface area contributed by atoms with Gasteiger partial charge >= 0.3 is 17.9 Å². The lowest BCUT2D eigenvalue weighted by atomic mass is 9.82. The van der Waals surface area contributed by atoms with E-state index >= 15 is 0 Å². The number of hydrogen-bond acceptors (Lipinski definition) is 17. The molecule has 102 heavy (non-hydrogen) atoms. The van der Waals surface area contributed by atoms with E-state index in [0.29, 0.717) is 85.6 Å². The molecule has 6 aromatic carbocycles. The van der Waals surface area contributed by atoms with Crippen LogP contribution in [0.3, 0.4) is 0 Å². The molecular formula is C71H73N11O17S3. The van der Waals surface area contributed by atoms with Crippen molar-refractivity contribution in [3.63, 3.8) is 0 Å². The highest BCUT2D eigenvalue weighted by atomic mass is 32.2. The van der Waals surface area contributed by atoms with Gasteiger partial charge < -0.3 is 56.9 Å². The van der Waals surface area contributed by atoms with E-state index in [9.17, 15) is 84.0 Å². The van der Waals surface area contributed by atoms with Crippen molar-refractivity contribution in [1.29, 1.82) is 0 Å². The second-order valence-electron chi connectivity index (χ2n) is 24.3. The monoisotopic (exact) mass is 1450 g/mol. The number of carbonyl (C=O) groups excluding carboxylic acids is 5. The topological polar surface area (TPSA) is 434 Å². The molecule has 0 aliphatic carbocycles. The third-order valence-electron chi connectivity index (χ3n) is 17.1. The number of carboxylic acids is 3. The van der Waals surface area contributed by atoms with Crippen molar-refractivity contribution >= 4 is 133 Å². The quantitative estimate of drug-likeness (QED) is 0.00968. The second kappa shape index (κ2) is 35.3. The lowest BCUT2D eigenvalue weighted by molar-refractivity contribution is -0.385. The van der Waals surface area contributed by atoms with Gasteiger partial charge in [-0.1, -0.05) is 122 Å². The number of aliphatic carboxylic acids is 3. The molecule has 0 bridgehead atoms. The number of carboxylic acid groups (broad SMARTS) is 3. The Kier molecular flexibility index (Phi) is 26.0. The van der Waals surface area contributed by atoms with Crippen LogP contribution in [0.1, 0.15) is 101 Å². The summed E-state index contributed by atoms with van der Waals surface area (Å²) in [6.45, 7) is 1.42. The summed E-state index contributed by atoms with van der Waals surface area (Å²) in [6, 6.07) is 33.4. The molecule has 3 aromatic heterocycles. The first-order valence-electron chi connectivity index (χ1n) is 32.6. The Morgan fingerprint density at radius 2 is 0.735 bits per heavy atom. The molecule has 11 N–H and O–H groups in total. The number of amides is 5. The Hall–Kier alpha value is -11.1. The number of aromatic amines is 3. The van der Waals surface area contributed by atoms with Gasteiger partial charge in [0, 0.05) is 134 Å². The highest BCUT2D eigenvalue weighted by molar-refractivity contribution is 7.99. The van der Waals surface area contributed by atoms with E-state index in [4.69, 9.17) is 0 Å². The van der Waals surface area contributed by atoms with Gasteiger partial charge in [0.1, 0.15) is 18.1 Å². The van der Waals surface area contributed by atoms with Gasteiger partial charge in [-0.3, -0.25) is 54.3 Å². The Balaban J connectivity index is 1.01. The van der Waals surface area contributed by atoms with Gasteiger partial charge in [0.05, 0.1) is 36.4 Å². The van der Waals surface area contributed by atoms with Crippen LogP contribution in [0.5, 0.6) is 0 Å². The van der Waals surface area contributed by atoms with Gasteiger partial charge in [0.15, 0.2) is 0 Å². The number of nitro groups is 3. The van der Waals surface area contributed by atoms with Crippen molar-refractivity contribution in [2.75, 3.05) is 6.54 Å². The Bertz CT molecular complexity index is 4160. The molecule has 3 unspecified atom stereocenters. The smallest absolute Gasteiger partial charge is 0.326 e. The molecule has 31 heteroatoms. The average Bonchev–Trinajstić information content (AvgIpc) is 1.65. The number of benzene rings is 6. The van der Waals surface area contributed by atoms with Crippen molar-refractivity contribution in [2.45, 2.75) is 157 Å². The second-order valence-corrected chi connectivity index (χ2v) is 27.5. The van der Waals surface area contributed by atoms with E-state index in [1.165, 1.54) is 108 Å². The standard InChI is InChI=1S/C71H73N11O17S3/c1-2-3-4-5-6-19-60(83)72-41-64(87)79-71(35-32-61(84)73-57(68(88)89)38-51-48-13-7-10-16-54(48)76-65(51)100-45-26-20-42(21-27-45)80(94)95,36-33-62(85)74-58(69(90)91)39-52-49-14-8-11-17-55(49)77-66(52)101-46-28-22-43(23-29-46)81(96)97)37-34-63(86)75-59(70(92)93)40-53-50-15-9-12-18-56(50)78-67(53)102-47-30-24-44(25-31-47)82(98)99/h7-18,20-31,57-59,76-78H,2-6,19,32-41H2,1H3,(H,72,83)(H,73,84)(H,74,85)(H,75,86)(H,79,87)(H,88,89)(H,90,91)(H,92,93). The van der Waals surface area contributed by atoms with Crippen LogP contribution in [-0.2, 0) is 57.6 Å². The third kappa shape index (κ3) is 20.6. The lowest BCUT2D eigenvalue weighted by Gasteiger charge is -2.35. The number of aromatic nitrogens is 3. The number of rotatable bonds is 39. The number of unbranched alkanes of at least 4 members (excludes halogenated alkanes) is 4. The fourth-order valence-corrected chi connectivity index (χ4v) is 14.7. The molecular weight excluding hydrogens is 1380 g/mol. The third-order valence-corrected chi connectivity index (χ3v) is 20.3. The first-order valence-corrected chi connectivity index (χ1v) is 35.1. The molecule has 3 heterocycles. The maximum atomic E-state index is 14.5.